The zero-order valence-electron chi connectivity index (χ0n) is 12.5. The quantitative estimate of drug-likeness (QED) is 0.407. The van der Waals surface area contributed by atoms with Crippen LogP contribution >= 0.6 is 24.0 Å². The summed E-state index contributed by atoms with van der Waals surface area (Å²) in [6.45, 7) is 8.29. The molecule has 1 atom stereocenters. The van der Waals surface area contributed by atoms with Crippen molar-refractivity contribution in [2.75, 3.05) is 26.2 Å². The SMILES string of the molecule is CCN(CC)CCC(CN=C(N)N)c1ccccc1.I. The minimum Gasteiger partial charge on any atom is -0.370 e. The fourth-order valence-corrected chi connectivity index (χ4v) is 2.18. The van der Waals surface area contributed by atoms with Gasteiger partial charge in [0.1, 0.15) is 0 Å². The van der Waals surface area contributed by atoms with Crippen LogP contribution in [-0.2, 0) is 0 Å². The molecular weight excluding hydrogens is 363 g/mol. The van der Waals surface area contributed by atoms with Gasteiger partial charge in [-0.1, -0.05) is 44.2 Å². The number of hydrogen-bond acceptors (Lipinski definition) is 2. The average molecular weight is 390 g/mol. The Kier molecular flexibility index (Phi) is 10.5. The predicted molar refractivity (Wildman–Crippen MR) is 97.7 cm³/mol. The lowest BCUT2D eigenvalue weighted by Gasteiger charge is -2.22. The summed E-state index contributed by atoms with van der Waals surface area (Å²) in [6.07, 6.45) is 1.07. The molecule has 1 rings (SSSR count). The molecule has 0 spiro atoms. The van der Waals surface area contributed by atoms with Gasteiger partial charge in [0, 0.05) is 12.5 Å². The number of aliphatic imine (C=N–C) groups is 1. The van der Waals surface area contributed by atoms with Gasteiger partial charge in [-0.05, 0) is 31.6 Å². The zero-order chi connectivity index (χ0) is 14.1. The summed E-state index contributed by atoms with van der Waals surface area (Å²) < 4.78 is 0. The van der Waals surface area contributed by atoms with Gasteiger partial charge in [0.15, 0.2) is 5.96 Å². The van der Waals surface area contributed by atoms with Crippen LogP contribution in [-0.4, -0.2) is 37.0 Å². The Labute approximate surface area is 139 Å². The van der Waals surface area contributed by atoms with E-state index in [-0.39, 0.29) is 29.9 Å². The van der Waals surface area contributed by atoms with Crippen LogP contribution in [0.25, 0.3) is 0 Å². The molecule has 0 aliphatic carbocycles. The van der Waals surface area contributed by atoms with E-state index >= 15 is 0 Å². The van der Waals surface area contributed by atoms with Crippen LogP contribution in [0.5, 0.6) is 0 Å². The number of nitrogens with zero attached hydrogens (tertiary/aromatic N) is 2. The first kappa shape index (κ1) is 19.2. The molecule has 0 fully saturated rings. The van der Waals surface area contributed by atoms with Gasteiger partial charge in [-0.2, -0.15) is 0 Å². The highest BCUT2D eigenvalue weighted by Crippen LogP contribution is 2.20. The van der Waals surface area contributed by atoms with Crippen LogP contribution in [0.2, 0.25) is 0 Å². The predicted octanol–water partition coefficient (Wildman–Crippen LogP) is 2.39. The van der Waals surface area contributed by atoms with Gasteiger partial charge in [-0.3, -0.25) is 4.99 Å². The van der Waals surface area contributed by atoms with Crippen molar-refractivity contribution in [1.82, 2.24) is 4.90 Å². The van der Waals surface area contributed by atoms with Crippen molar-refractivity contribution in [3.63, 3.8) is 0 Å². The standard InChI is InChI=1S/C15H26N4.HI/c1-3-19(4-2)11-10-14(12-18-15(16)17)13-8-6-5-7-9-13;/h5-9,14H,3-4,10-12H2,1-2H3,(H4,16,17,18);1H. The molecule has 0 saturated heterocycles. The molecule has 4 N–H and O–H groups in total. The van der Waals surface area contributed by atoms with Crippen LogP contribution in [0.1, 0.15) is 31.7 Å². The van der Waals surface area contributed by atoms with E-state index in [9.17, 15) is 0 Å². The number of nitrogens with two attached hydrogens (primary N) is 2. The molecule has 0 saturated carbocycles. The summed E-state index contributed by atoms with van der Waals surface area (Å²) in [6, 6.07) is 10.5. The maximum Gasteiger partial charge on any atom is 0.185 e. The van der Waals surface area contributed by atoms with E-state index < -0.39 is 0 Å². The maximum atomic E-state index is 5.44. The van der Waals surface area contributed by atoms with E-state index in [2.05, 4.69) is 48.0 Å². The van der Waals surface area contributed by atoms with Crippen molar-refractivity contribution in [2.45, 2.75) is 26.2 Å². The third-order valence-corrected chi connectivity index (χ3v) is 3.45. The van der Waals surface area contributed by atoms with E-state index in [1.165, 1.54) is 5.56 Å². The molecule has 20 heavy (non-hydrogen) atoms. The van der Waals surface area contributed by atoms with E-state index in [4.69, 9.17) is 11.5 Å². The van der Waals surface area contributed by atoms with Gasteiger partial charge in [-0.25, -0.2) is 0 Å². The molecule has 0 bridgehead atoms. The van der Waals surface area contributed by atoms with E-state index in [1.54, 1.807) is 0 Å². The molecule has 0 aromatic heterocycles. The van der Waals surface area contributed by atoms with Crippen molar-refractivity contribution < 1.29 is 0 Å². The molecule has 0 amide bonds. The van der Waals surface area contributed by atoms with Gasteiger partial charge in [0.2, 0.25) is 0 Å². The summed E-state index contributed by atoms with van der Waals surface area (Å²) in [5.74, 6) is 0.549. The van der Waals surface area contributed by atoms with Crippen molar-refractivity contribution in [3.05, 3.63) is 35.9 Å². The number of rotatable bonds is 8. The number of benzene rings is 1. The lowest BCUT2D eigenvalue weighted by Crippen LogP contribution is -2.27. The van der Waals surface area contributed by atoms with Crippen LogP contribution in [0, 0.1) is 0 Å². The number of guanidine groups is 1. The summed E-state index contributed by atoms with van der Waals surface area (Å²) in [5.41, 5.74) is 12.2. The minimum atomic E-state index is 0. The Morgan fingerprint density at radius 3 is 2.25 bits per heavy atom. The Bertz CT molecular complexity index is 373. The van der Waals surface area contributed by atoms with Crippen LogP contribution in [0.4, 0.5) is 0 Å². The first-order valence-corrected chi connectivity index (χ1v) is 7.00. The number of hydrogen-bond donors (Lipinski definition) is 2. The molecule has 1 unspecified atom stereocenters. The minimum absolute atomic E-state index is 0. The third-order valence-electron chi connectivity index (χ3n) is 3.45. The van der Waals surface area contributed by atoms with Crippen LogP contribution < -0.4 is 11.5 Å². The highest BCUT2D eigenvalue weighted by Gasteiger charge is 2.12. The lowest BCUT2D eigenvalue weighted by atomic mass is 9.95. The summed E-state index contributed by atoms with van der Waals surface area (Å²) in [4.78, 5) is 6.61. The Hall–Kier alpha value is -0.820. The van der Waals surface area contributed by atoms with Crippen LogP contribution in [0.15, 0.2) is 35.3 Å². The first-order chi connectivity index (χ1) is 9.17. The maximum absolute atomic E-state index is 5.44. The van der Waals surface area contributed by atoms with Gasteiger partial charge in [0.25, 0.3) is 0 Å². The smallest absolute Gasteiger partial charge is 0.185 e. The molecule has 114 valence electrons. The fourth-order valence-electron chi connectivity index (χ4n) is 2.18. The molecule has 0 aliphatic heterocycles. The second kappa shape index (κ2) is 10.9. The fraction of sp³-hybridized carbons (Fsp3) is 0.533. The second-order valence-corrected chi connectivity index (χ2v) is 4.69. The van der Waals surface area contributed by atoms with Gasteiger partial charge < -0.3 is 16.4 Å². The molecule has 4 nitrogen and oxygen atoms in total. The zero-order valence-corrected chi connectivity index (χ0v) is 14.8. The molecular formula is C15H27IN4. The van der Waals surface area contributed by atoms with E-state index in [0.29, 0.717) is 12.5 Å². The summed E-state index contributed by atoms with van der Waals surface area (Å²) in [7, 11) is 0. The molecule has 5 heteroatoms. The molecule has 0 heterocycles. The Balaban J connectivity index is 0.00000361. The monoisotopic (exact) mass is 390 g/mol. The molecule has 1 aromatic rings. The summed E-state index contributed by atoms with van der Waals surface area (Å²) in [5, 5.41) is 0. The summed E-state index contributed by atoms with van der Waals surface area (Å²) >= 11 is 0. The van der Waals surface area contributed by atoms with Crippen molar-refractivity contribution in [1.29, 1.82) is 0 Å². The molecule has 0 aliphatic rings. The van der Waals surface area contributed by atoms with Crippen molar-refractivity contribution >= 4 is 29.9 Å². The third kappa shape index (κ3) is 7.09. The van der Waals surface area contributed by atoms with Gasteiger partial charge in [0.05, 0.1) is 0 Å². The number of halogens is 1. The molecule has 0 radical (unpaired) electrons. The van der Waals surface area contributed by atoms with E-state index in [1.807, 2.05) is 6.07 Å². The molecule has 1 aromatic carbocycles. The first-order valence-electron chi connectivity index (χ1n) is 7.00. The largest absolute Gasteiger partial charge is 0.370 e. The normalized spacial score (nSPS) is 11.8. The Morgan fingerprint density at radius 2 is 1.75 bits per heavy atom. The average Bonchev–Trinajstić information content (AvgIpc) is 2.43. The highest BCUT2D eigenvalue weighted by molar-refractivity contribution is 14.0. The second-order valence-electron chi connectivity index (χ2n) is 4.69. The van der Waals surface area contributed by atoms with Crippen molar-refractivity contribution in [3.8, 4) is 0 Å². The highest BCUT2D eigenvalue weighted by atomic mass is 127. The van der Waals surface area contributed by atoms with Crippen molar-refractivity contribution in [2.24, 2.45) is 16.5 Å². The Morgan fingerprint density at radius 1 is 1.15 bits per heavy atom. The van der Waals surface area contributed by atoms with E-state index in [0.717, 1.165) is 26.1 Å². The lowest BCUT2D eigenvalue weighted by molar-refractivity contribution is 0.291. The topological polar surface area (TPSA) is 67.6 Å². The van der Waals surface area contributed by atoms with Gasteiger partial charge in [-0.15, -0.1) is 24.0 Å². The van der Waals surface area contributed by atoms with Gasteiger partial charge >= 0.3 is 0 Å². The van der Waals surface area contributed by atoms with Crippen LogP contribution in [0.3, 0.4) is 0 Å².